The molecule has 0 aromatic heterocycles. The molecule has 2 rings (SSSR count). The van der Waals surface area contributed by atoms with E-state index in [9.17, 15) is 8.42 Å². The Morgan fingerprint density at radius 2 is 1.85 bits per heavy atom. The summed E-state index contributed by atoms with van der Waals surface area (Å²) in [6.45, 7) is 3.58. The van der Waals surface area contributed by atoms with Crippen molar-refractivity contribution in [1.29, 1.82) is 5.26 Å². The molecule has 104 valence electrons. The average molecular weight is 288 g/mol. The predicted octanol–water partition coefficient (Wildman–Crippen LogP) is 2.76. The second kappa shape index (κ2) is 5.61. The lowest BCUT2D eigenvalue weighted by atomic mass is 10.1. The zero-order chi connectivity index (χ0) is 14.8. The lowest BCUT2D eigenvalue weighted by Gasteiger charge is -2.22. The van der Waals surface area contributed by atoms with Crippen molar-refractivity contribution in [3.05, 3.63) is 42.5 Å². The number of nitrogens with zero attached hydrogens (tertiary/aromatic N) is 2. The molecule has 0 N–H and O–H groups in total. The van der Waals surface area contributed by atoms with Crippen molar-refractivity contribution >= 4 is 20.8 Å². The molecule has 2 aromatic carbocycles. The van der Waals surface area contributed by atoms with Gasteiger partial charge in [0.25, 0.3) is 0 Å². The number of benzene rings is 2. The third-order valence-corrected chi connectivity index (χ3v) is 5.30. The summed E-state index contributed by atoms with van der Waals surface area (Å²) in [7, 11) is -3.64. The molecule has 0 amide bonds. The minimum Gasteiger partial charge on any atom is -0.207 e. The van der Waals surface area contributed by atoms with Crippen LogP contribution in [-0.4, -0.2) is 25.3 Å². The smallest absolute Gasteiger partial charge is 0.207 e. The number of sulfonamides is 1. The maximum Gasteiger partial charge on any atom is 0.244 e. The van der Waals surface area contributed by atoms with Gasteiger partial charge in [-0.15, -0.1) is 0 Å². The fraction of sp³-hybridized carbons (Fsp3) is 0.267. The first-order valence-electron chi connectivity index (χ1n) is 6.41. The molecule has 20 heavy (non-hydrogen) atoms. The van der Waals surface area contributed by atoms with E-state index in [0.29, 0.717) is 0 Å². The van der Waals surface area contributed by atoms with Crippen LogP contribution in [0, 0.1) is 11.3 Å². The standard InChI is InChI=1S/C15H16N2O2S/c1-3-17(12(2)11-16)20(18,19)15-9-8-13-6-4-5-7-14(13)10-15/h4-10,12H,3H2,1-2H3. The first-order valence-corrected chi connectivity index (χ1v) is 7.85. The summed E-state index contributed by atoms with van der Waals surface area (Å²) in [5.74, 6) is 0. The van der Waals surface area contributed by atoms with Crippen molar-refractivity contribution in [3.8, 4) is 6.07 Å². The number of fused-ring (bicyclic) bond motifs is 1. The predicted molar refractivity (Wildman–Crippen MR) is 78.6 cm³/mol. The zero-order valence-corrected chi connectivity index (χ0v) is 12.3. The van der Waals surface area contributed by atoms with Gasteiger partial charge in [-0.3, -0.25) is 0 Å². The highest BCUT2D eigenvalue weighted by Gasteiger charge is 2.27. The van der Waals surface area contributed by atoms with Crippen molar-refractivity contribution < 1.29 is 8.42 Å². The normalized spacial score (nSPS) is 13.3. The van der Waals surface area contributed by atoms with Gasteiger partial charge < -0.3 is 0 Å². The van der Waals surface area contributed by atoms with Crippen LogP contribution in [0.3, 0.4) is 0 Å². The fourth-order valence-electron chi connectivity index (χ4n) is 2.18. The molecule has 0 saturated heterocycles. The van der Waals surface area contributed by atoms with E-state index in [-0.39, 0.29) is 11.4 Å². The van der Waals surface area contributed by atoms with Crippen LogP contribution in [0.2, 0.25) is 0 Å². The molecule has 4 nitrogen and oxygen atoms in total. The molecule has 0 saturated carbocycles. The van der Waals surface area contributed by atoms with Gasteiger partial charge in [0, 0.05) is 6.54 Å². The van der Waals surface area contributed by atoms with E-state index in [0.717, 1.165) is 10.8 Å². The number of hydrogen-bond acceptors (Lipinski definition) is 3. The topological polar surface area (TPSA) is 61.2 Å². The van der Waals surface area contributed by atoms with Gasteiger partial charge in [-0.2, -0.15) is 9.57 Å². The van der Waals surface area contributed by atoms with E-state index < -0.39 is 16.1 Å². The van der Waals surface area contributed by atoms with Gasteiger partial charge in [-0.25, -0.2) is 8.42 Å². The highest BCUT2D eigenvalue weighted by Crippen LogP contribution is 2.22. The third kappa shape index (κ3) is 2.53. The van der Waals surface area contributed by atoms with Crippen molar-refractivity contribution in [2.45, 2.75) is 24.8 Å². The molecule has 0 aliphatic rings. The van der Waals surface area contributed by atoms with Crippen LogP contribution in [-0.2, 0) is 10.0 Å². The van der Waals surface area contributed by atoms with Gasteiger partial charge >= 0.3 is 0 Å². The van der Waals surface area contributed by atoms with Gasteiger partial charge in [0.05, 0.1) is 11.0 Å². The monoisotopic (exact) mass is 288 g/mol. The molecule has 0 spiro atoms. The van der Waals surface area contributed by atoms with Crippen LogP contribution in [0.5, 0.6) is 0 Å². The Labute approximate surface area is 119 Å². The third-order valence-electron chi connectivity index (χ3n) is 3.26. The number of hydrogen-bond donors (Lipinski definition) is 0. The van der Waals surface area contributed by atoms with E-state index in [4.69, 9.17) is 5.26 Å². The van der Waals surface area contributed by atoms with Crippen LogP contribution < -0.4 is 0 Å². The van der Waals surface area contributed by atoms with E-state index in [1.165, 1.54) is 4.31 Å². The van der Waals surface area contributed by atoms with Crippen molar-refractivity contribution in [3.63, 3.8) is 0 Å². The Morgan fingerprint density at radius 3 is 2.45 bits per heavy atom. The Morgan fingerprint density at radius 1 is 1.20 bits per heavy atom. The molecule has 0 radical (unpaired) electrons. The average Bonchev–Trinajstić information content (AvgIpc) is 2.46. The first kappa shape index (κ1) is 14.5. The van der Waals surface area contributed by atoms with Crippen molar-refractivity contribution in [1.82, 2.24) is 4.31 Å². The molecule has 0 bridgehead atoms. The molecular formula is C15H16N2O2S. The van der Waals surface area contributed by atoms with Crippen LogP contribution in [0.4, 0.5) is 0 Å². The van der Waals surface area contributed by atoms with Gasteiger partial charge in [0.2, 0.25) is 10.0 Å². The molecule has 1 unspecified atom stereocenters. The van der Waals surface area contributed by atoms with Gasteiger partial charge in [-0.05, 0) is 29.8 Å². The molecule has 2 aromatic rings. The van der Waals surface area contributed by atoms with Gasteiger partial charge in [0.1, 0.15) is 6.04 Å². The van der Waals surface area contributed by atoms with E-state index in [1.54, 1.807) is 32.0 Å². The Hall–Kier alpha value is -1.90. The molecule has 0 aliphatic heterocycles. The van der Waals surface area contributed by atoms with E-state index in [2.05, 4.69) is 0 Å². The zero-order valence-electron chi connectivity index (χ0n) is 11.4. The minimum atomic E-state index is -3.64. The number of nitriles is 1. The van der Waals surface area contributed by atoms with Crippen LogP contribution in [0.25, 0.3) is 10.8 Å². The summed E-state index contributed by atoms with van der Waals surface area (Å²) in [4.78, 5) is 0.222. The van der Waals surface area contributed by atoms with E-state index in [1.807, 2.05) is 30.3 Å². The molecule has 0 heterocycles. The Bertz CT molecular complexity index is 763. The Kier molecular flexibility index (Phi) is 4.07. The lowest BCUT2D eigenvalue weighted by Crippen LogP contribution is -2.37. The molecular weight excluding hydrogens is 272 g/mol. The van der Waals surface area contributed by atoms with E-state index >= 15 is 0 Å². The maximum atomic E-state index is 12.6. The highest BCUT2D eigenvalue weighted by molar-refractivity contribution is 7.89. The quantitative estimate of drug-likeness (QED) is 0.869. The second-order valence-electron chi connectivity index (χ2n) is 4.52. The van der Waals surface area contributed by atoms with Crippen LogP contribution in [0.1, 0.15) is 13.8 Å². The summed E-state index contributed by atoms with van der Waals surface area (Å²) in [5.41, 5.74) is 0. The number of rotatable bonds is 4. The molecule has 1 atom stereocenters. The molecule has 0 aliphatic carbocycles. The lowest BCUT2D eigenvalue weighted by molar-refractivity contribution is 0.399. The first-order chi connectivity index (χ1) is 9.50. The van der Waals surface area contributed by atoms with Crippen LogP contribution >= 0.6 is 0 Å². The fourth-order valence-corrected chi connectivity index (χ4v) is 3.77. The second-order valence-corrected chi connectivity index (χ2v) is 6.41. The molecule has 0 fully saturated rings. The molecule has 5 heteroatoms. The maximum absolute atomic E-state index is 12.6. The van der Waals surface area contributed by atoms with Gasteiger partial charge in [-0.1, -0.05) is 37.3 Å². The SMILES string of the molecule is CCN(C(C)C#N)S(=O)(=O)c1ccc2ccccc2c1. The summed E-state index contributed by atoms with van der Waals surface area (Å²) in [6, 6.07) is 13.9. The summed E-state index contributed by atoms with van der Waals surface area (Å²) < 4.78 is 26.4. The summed E-state index contributed by atoms with van der Waals surface area (Å²) in [5, 5.41) is 10.8. The largest absolute Gasteiger partial charge is 0.244 e. The Balaban J connectivity index is 2.54. The van der Waals surface area contributed by atoms with Crippen molar-refractivity contribution in [2.24, 2.45) is 0 Å². The van der Waals surface area contributed by atoms with Crippen molar-refractivity contribution in [2.75, 3.05) is 6.54 Å². The van der Waals surface area contributed by atoms with Crippen LogP contribution in [0.15, 0.2) is 47.4 Å². The van der Waals surface area contributed by atoms with Gasteiger partial charge in [0.15, 0.2) is 0 Å². The highest BCUT2D eigenvalue weighted by atomic mass is 32.2. The summed E-state index contributed by atoms with van der Waals surface area (Å²) in [6.07, 6.45) is 0. The summed E-state index contributed by atoms with van der Waals surface area (Å²) >= 11 is 0. The minimum absolute atomic E-state index is 0.222.